The molecule has 0 amide bonds. The van der Waals surface area contributed by atoms with Crippen LogP contribution in [0.15, 0.2) is 36.5 Å². The molecule has 0 atom stereocenters. The van der Waals surface area contributed by atoms with Crippen LogP contribution in [0.2, 0.25) is 0 Å². The van der Waals surface area contributed by atoms with E-state index in [9.17, 15) is 0 Å². The minimum Gasteiger partial charge on any atom is -0.434 e. The summed E-state index contributed by atoms with van der Waals surface area (Å²) in [5, 5.41) is 10.9. The van der Waals surface area contributed by atoms with E-state index in [-0.39, 0.29) is 24.8 Å². The highest BCUT2D eigenvalue weighted by Crippen LogP contribution is 2.39. The number of nitrogens with zero attached hydrogens (tertiary/aromatic N) is 2. The summed E-state index contributed by atoms with van der Waals surface area (Å²) in [6.45, 7) is 0. The van der Waals surface area contributed by atoms with Gasteiger partial charge in [-0.05, 0) is 18.2 Å². The largest absolute Gasteiger partial charge is 0.434 e. The smallest absolute Gasteiger partial charge is 0.262 e. The van der Waals surface area contributed by atoms with Crippen LogP contribution in [0, 0.1) is 0 Å². The molecule has 1 aromatic carbocycles. The molecular weight excluding hydrogens is 249 g/mol. The van der Waals surface area contributed by atoms with E-state index in [1.165, 1.54) is 0 Å². The van der Waals surface area contributed by atoms with Crippen molar-refractivity contribution >= 4 is 36.2 Å². The summed E-state index contributed by atoms with van der Waals surface area (Å²) in [5.41, 5.74) is 1.80. The summed E-state index contributed by atoms with van der Waals surface area (Å²) in [7, 11) is 0. The number of halogens is 2. The fourth-order valence-corrected chi connectivity index (χ4v) is 1.40. The molecule has 0 spiro atoms. The third-order valence-corrected chi connectivity index (χ3v) is 2.05. The molecule has 84 valence electrons. The Kier molecular flexibility index (Phi) is 3.93. The zero-order valence-corrected chi connectivity index (χ0v) is 9.72. The molecule has 1 aliphatic heterocycles. The highest BCUT2D eigenvalue weighted by atomic mass is 35.5. The van der Waals surface area contributed by atoms with Crippen LogP contribution in [-0.2, 0) is 0 Å². The van der Waals surface area contributed by atoms with Gasteiger partial charge in [-0.1, -0.05) is 12.1 Å². The Bertz CT molecular complexity index is 405. The number of nitrogens with one attached hydrogen (secondary N) is 1. The Labute approximate surface area is 105 Å². The Hall–Kier alpha value is -1.52. The van der Waals surface area contributed by atoms with Gasteiger partial charge in [0.25, 0.3) is 5.88 Å². The highest BCUT2D eigenvalue weighted by Gasteiger charge is 2.16. The highest BCUT2D eigenvalue weighted by molar-refractivity contribution is 5.85. The molecule has 4 nitrogen and oxygen atoms in total. The van der Waals surface area contributed by atoms with Crippen molar-refractivity contribution in [2.75, 3.05) is 5.32 Å². The van der Waals surface area contributed by atoms with E-state index in [4.69, 9.17) is 4.74 Å². The molecule has 0 bridgehead atoms. The van der Waals surface area contributed by atoms with Crippen LogP contribution in [0.1, 0.15) is 0 Å². The molecular formula is C10H9Cl2N3O. The van der Waals surface area contributed by atoms with Crippen molar-refractivity contribution in [1.82, 2.24) is 10.2 Å². The first kappa shape index (κ1) is 12.5. The van der Waals surface area contributed by atoms with E-state index in [1.54, 1.807) is 6.20 Å². The summed E-state index contributed by atoms with van der Waals surface area (Å²) in [6.07, 6.45) is 1.63. The van der Waals surface area contributed by atoms with Gasteiger partial charge in [-0.15, -0.1) is 29.9 Å². The number of anilines is 2. The van der Waals surface area contributed by atoms with E-state index in [0.29, 0.717) is 5.88 Å². The minimum absolute atomic E-state index is 0. The van der Waals surface area contributed by atoms with E-state index in [1.807, 2.05) is 30.3 Å². The fourth-order valence-electron chi connectivity index (χ4n) is 1.40. The number of rotatable bonds is 0. The van der Waals surface area contributed by atoms with Gasteiger partial charge < -0.3 is 10.1 Å². The lowest BCUT2D eigenvalue weighted by Crippen LogP contribution is -2.04. The zero-order valence-electron chi connectivity index (χ0n) is 8.08. The average Bonchev–Trinajstić information content (AvgIpc) is 2.26. The quantitative estimate of drug-likeness (QED) is 0.672. The number of hydrogen-bond acceptors (Lipinski definition) is 4. The van der Waals surface area contributed by atoms with Gasteiger partial charge in [0.15, 0.2) is 5.75 Å². The predicted octanol–water partition coefficient (Wildman–Crippen LogP) is 3.17. The summed E-state index contributed by atoms with van der Waals surface area (Å²) < 4.78 is 5.54. The van der Waals surface area contributed by atoms with E-state index in [2.05, 4.69) is 15.5 Å². The first-order chi connectivity index (χ1) is 6.93. The van der Waals surface area contributed by atoms with Crippen LogP contribution in [0.4, 0.5) is 11.4 Å². The van der Waals surface area contributed by atoms with Gasteiger partial charge in [-0.2, -0.15) is 5.10 Å². The monoisotopic (exact) mass is 257 g/mol. The summed E-state index contributed by atoms with van der Waals surface area (Å²) in [4.78, 5) is 0. The summed E-state index contributed by atoms with van der Waals surface area (Å²) in [6, 6.07) is 9.55. The molecule has 2 aromatic rings. The molecule has 2 heterocycles. The number of fused-ring (bicyclic) bond motifs is 2. The molecule has 1 aliphatic rings. The van der Waals surface area contributed by atoms with Gasteiger partial charge in [-0.25, -0.2) is 0 Å². The second-order valence-corrected chi connectivity index (χ2v) is 2.97. The second kappa shape index (κ2) is 5.01. The van der Waals surface area contributed by atoms with E-state index >= 15 is 0 Å². The van der Waals surface area contributed by atoms with Crippen molar-refractivity contribution in [3.63, 3.8) is 0 Å². The lowest BCUT2D eigenvalue weighted by molar-refractivity contribution is 0.454. The van der Waals surface area contributed by atoms with Crippen molar-refractivity contribution < 1.29 is 4.74 Å². The maximum Gasteiger partial charge on any atom is 0.262 e. The molecule has 0 fully saturated rings. The van der Waals surface area contributed by atoms with Crippen LogP contribution in [-0.4, -0.2) is 10.2 Å². The Morgan fingerprint density at radius 1 is 1.00 bits per heavy atom. The molecule has 0 saturated heterocycles. The lowest BCUT2D eigenvalue weighted by Gasteiger charge is -2.19. The third-order valence-electron chi connectivity index (χ3n) is 2.05. The third kappa shape index (κ3) is 2.03. The van der Waals surface area contributed by atoms with Crippen molar-refractivity contribution in [3.05, 3.63) is 36.5 Å². The van der Waals surface area contributed by atoms with Gasteiger partial charge in [0.2, 0.25) is 0 Å². The predicted molar refractivity (Wildman–Crippen MR) is 66.3 cm³/mol. The van der Waals surface area contributed by atoms with Gasteiger partial charge in [0, 0.05) is 0 Å². The SMILES string of the molecule is Cl.Cl.c1ccc2c(c1)Nc1ccnnc1O2. The number of ether oxygens (including phenoxy) is 1. The molecule has 3 rings (SSSR count). The number of hydrogen-bond donors (Lipinski definition) is 1. The number of aromatic nitrogens is 2. The first-order valence-electron chi connectivity index (χ1n) is 4.29. The van der Waals surface area contributed by atoms with Crippen molar-refractivity contribution in [2.24, 2.45) is 0 Å². The van der Waals surface area contributed by atoms with Gasteiger partial charge in [0.05, 0.1) is 11.9 Å². The maximum atomic E-state index is 5.54. The van der Waals surface area contributed by atoms with Crippen molar-refractivity contribution in [3.8, 4) is 11.6 Å². The Morgan fingerprint density at radius 3 is 2.69 bits per heavy atom. The van der Waals surface area contributed by atoms with Gasteiger partial charge >= 0.3 is 0 Å². The van der Waals surface area contributed by atoms with E-state index in [0.717, 1.165) is 17.1 Å². The fraction of sp³-hybridized carbons (Fsp3) is 0. The van der Waals surface area contributed by atoms with Crippen LogP contribution in [0.25, 0.3) is 0 Å². The molecule has 0 radical (unpaired) electrons. The lowest BCUT2D eigenvalue weighted by atomic mass is 10.2. The maximum absolute atomic E-state index is 5.54. The van der Waals surface area contributed by atoms with Crippen molar-refractivity contribution in [1.29, 1.82) is 0 Å². The Morgan fingerprint density at radius 2 is 1.81 bits per heavy atom. The van der Waals surface area contributed by atoms with Crippen LogP contribution >= 0.6 is 24.8 Å². The molecule has 0 aliphatic carbocycles. The molecule has 1 N–H and O–H groups in total. The van der Waals surface area contributed by atoms with Crippen LogP contribution < -0.4 is 10.1 Å². The molecule has 6 heteroatoms. The Balaban J connectivity index is 0.000000640. The zero-order chi connectivity index (χ0) is 9.38. The standard InChI is InChI=1S/C10H7N3O.2ClH/c1-2-4-9-7(3-1)12-8-5-6-11-13-10(8)14-9;;/h1-6,12H;2*1H. The molecule has 0 unspecified atom stereocenters. The summed E-state index contributed by atoms with van der Waals surface area (Å²) in [5.74, 6) is 1.30. The average molecular weight is 258 g/mol. The minimum atomic E-state index is 0. The van der Waals surface area contributed by atoms with Gasteiger partial charge in [-0.3, -0.25) is 0 Å². The number of para-hydroxylation sites is 2. The van der Waals surface area contributed by atoms with Crippen molar-refractivity contribution in [2.45, 2.75) is 0 Å². The molecule has 0 saturated carbocycles. The summed E-state index contributed by atoms with van der Waals surface area (Å²) >= 11 is 0. The second-order valence-electron chi connectivity index (χ2n) is 2.97. The van der Waals surface area contributed by atoms with Gasteiger partial charge in [0.1, 0.15) is 5.69 Å². The van der Waals surface area contributed by atoms with Crippen LogP contribution in [0.3, 0.4) is 0 Å². The molecule has 16 heavy (non-hydrogen) atoms. The molecule has 1 aromatic heterocycles. The first-order valence-corrected chi connectivity index (χ1v) is 4.29. The number of benzene rings is 1. The normalized spacial score (nSPS) is 10.5. The van der Waals surface area contributed by atoms with Crippen LogP contribution in [0.5, 0.6) is 11.6 Å². The topological polar surface area (TPSA) is 47.0 Å². The van der Waals surface area contributed by atoms with E-state index < -0.39 is 0 Å².